The van der Waals surface area contributed by atoms with Gasteiger partial charge in [-0.05, 0) is 35.7 Å². The Kier molecular flexibility index (Phi) is 5.30. The second-order valence-electron chi connectivity index (χ2n) is 5.37. The van der Waals surface area contributed by atoms with Gasteiger partial charge >= 0.3 is 0 Å². The van der Waals surface area contributed by atoms with Gasteiger partial charge < -0.3 is 10.1 Å². The van der Waals surface area contributed by atoms with Crippen LogP contribution in [-0.2, 0) is 4.79 Å². The molecule has 0 saturated carbocycles. The number of nitro groups is 1. The molecule has 1 N–H and O–H groups in total. The zero-order valence-electron chi connectivity index (χ0n) is 13.0. The van der Waals surface area contributed by atoms with Gasteiger partial charge in [-0.3, -0.25) is 14.9 Å². The number of ether oxygens (including phenoxy) is 1. The summed E-state index contributed by atoms with van der Waals surface area (Å²) in [5.41, 5.74) is 1.60. The molecule has 0 spiro atoms. The van der Waals surface area contributed by atoms with E-state index in [1.165, 1.54) is 24.3 Å². The van der Waals surface area contributed by atoms with Crippen molar-refractivity contribution in [2.45, 2.75) is 19.8 Å². The molecule has 0 aliphatic rings. The number of carbonyl (C=O) groups is 1. The predicted molar refractivity (Wildman–Crippen MR) is 87.8 cm³/mol. The molecule has 0 aliphatic heterocycles. The fourth-order valence-electron chi connectivity index (χ4n) is 1.98. The summed E-state index contributed by atoms with van der Waals surface area (Å²) < 4.78 is 5.47. The topological polar surface area (TPSA) is 81.5 Å². The Morgan fingerprint density at radius 2 is 1.91 bits per heavy atom. The van der Waals surface area contributed by atoms with Crippen LogP contribution < -0.4 is 10.1 Å². The average Bonchev–Trinajstić information content (AvgIpc) is 2.53. The molecule has 2 rings (SSSR count). The minimum absolute atomic E-state index is 0.0234. The monoisotopic (exact) mass is 314 g/mol. The molecule has 2 aromatic rings. The van der Waals surface area contributed by atoms with E-state index < -0.39 is 4.92 Å². The fraction of sp³-hybridized carbons (Fsp3) is 0.235. The maximum absolute atomic E-state index is 11.9. The number of nitrogens with zero attached hydrogens (tertiary/aromatic N) is 1. The number of non-ortho nitro benzene ring substituents is 1. The van der Waals surface area contributed by atoms with Crippen LogP contribution in [0.1, 0.15) is 25.3 Å². The molecular weight excluding hydrogens is 296 g/mol. The van der Waals surface area contributed by atoms with Crippen LogP contribution in [0.15, 0.2) is 48.5 Å². The highest BCUT2D eigenvalue weighted by Crippen LogP contribution is 2.20. The van der Waals surface area contributed by atoms with Gasteiger partial charge in [0.2, 0.25) is 0 Å². The smallest absolute Gasteiger partial charge is 0.269 e. The van der Waals surface area contributed by atoms with Gasteiger partial charge in [-0.1, -0.05) is 26.0 Å². The van der Waals surface area contributed by atoms with Crippen molar-refractivity contribution in [1.29, 1.82) is 0 Å². The van der Waals surface area contributed by atoms with Crippen LogP contribution in [0.25, 0.3) is 0 Å². The third-order valence-corrected chi connectivity index (χ3v) is 3.26. The van der Waals surface area contributed by atoms with Crippen molar-refractivity contribution in [3.8, 4) is 5.75 Å². The lowest BCUT2D eigenvalue weighted by Crippen LogP contribution is -2.20. The summed E-state index contributed by atoms with van der Waals surface area (Å²) in [6.45, 7) is 4.04. The van der Waals surface area contributed by atoms with Gasteiger partial charge in [0.25, 0.3) is 11.6 Å². The van der Waals surface area contributed by atoms with E-state index in [9.17, 15) is 14.9 Å². The zero-order valence-corrected chi connectivity index (χ0v) is 13.0. The minimum atomic E-state index is -0.490. The molecule has 0 bridgehead atoms. The van der Waals surface area contributed by atoms with Crippen LogP contribution in [0.2, 0.25) is 0 Å². The molecule has 1 amide bonds. The Morgan fingerprint density at radius 3 is 2.52 bits per heavy atom. The Hall–Kier alpha value is -2.89. The number of hydrogen-bond donors (Lipinski definition) is 1. The summed E-state index contributed by atoms with van der Waals surface area (Å²) in [5.74, 6) is 0.691. The van der Waals surface area contributed by atoms with Crippen LogP contribution >= 0.6 is 0 Å². The first-order valence-electron chi connectivity index (χ1n) is 7.23. The highest BCUT2D eigenvalue weighted by Gasteiger charge is 2.08. The molecule has 6 heteroatoms. The summed E-state index contributed by atoms with van der Waals surface area (Å²) in [6.07, 6.45) is 0. The van der Waals surface area contributed by atoms with E-state index in [4.69, 9.17) is 4.74 Å². The molecule has 0 radical (unpaired) electrons. The third kappa shape index (κ3) is 4.81. The van der Waals surface area contributed by atoms with E-state index in [1.54, 1.807) is 6.07 Å². The van der Waals surface area contributed by atoms with Crippen molar-refractivity contribution in [3.05, 3.63) is 64.2 Å². The summed E-state index contributed by atoms with van der Waals surface area (Å²) >= 11 is 0. The van der Waals surface area contributed by atoms with Crippen LogP contribution in [-0.4, -0.2) is 17.4 Å². The van der Waals surface area contributed by atoms with Crippen LogP contribution in [0.4, 0.5) is 11.4 Å². The number of rotatable bonds is 6. The van der Waals surface area contributed by atoms with Crippen molar-refractivity contribution in [2.75, 3.05) is 11.9 Å². The maximum Gasteiger partial charge on any atom is 0.269 e. The Labute approximate surface area is 134 Å². The number of amides is 1. The lowest BCUT2D eigenvalue weighted by molar-refractivity contribution is -0.384. The summed E-state index contributed by atoms with van der Waals surface area (Å²) in [7, 11) is 0. The number of nitrogens with one attached hydrogen (secondary N) is 1. The standard InChI is InChI=1S/C17H18N2O4/c1-12(2)13-4-3-5-16(10-13)23-11-17(20)18-14-6-8-15(9-7-14)19(21)22/h3-10,12H,11H2,1-2H3,(H,18,20). The molecular formula is C17H18N2O4. The highest BCUT2D eigenvalue weighted by atomic mass is 16.6. The van der Waals surface area contributed by atoms with E-state index >= 15 is 0 Å². The van der Waals surface area contributed by atoms with Crippen molar-refractivity contribution < 1.29 is 14.5 Å². The van der Waals surface area contributed by atoms with Gasteiger partial charge in [0.1, 0.15) is 5.75 Å². The van der Waals surface area contributed by atoms with Crippen LogP contribution in [0.3, 0.4) is 0 Å². The quantitative estimate of drug-likeness (QED) is 0.650. The molecule has 6 nitrogen and oxygen atoms in total. The average molecular weight is 314 g/mol. The molecule has 120 valence electrons. The first kappa shape index (κ1) is 16.5. The van der Waals surface area contributed by atoms with E-state index in [-0.39, 0.29) is 18.2 Å². The SMILES string of the molecule is CC(C)c1cccc(OCC(=O)Nc2ccc([N+](=O)[O-])cc2)c1. The second-order valence-corrected chi connectivity index (χ2v) is 5.37. The highest BCUT2D eigenvalue weighted by molar-refractivity contribution is 5.91. The van der Waals surface area contributed by atoms with Crippen molar-refractivity contribution in [1.82, 2.24) is 0 Å². The minimum Gasteiger partial charge on any atom is -0.484 e. The Morgan fingerprint density at radius 1 is 1.22 bits per heavy atom. The van der Waals surface area contributed by atoms with Gasteiger partial charge in [0, 0.05) is 17.8 Å². The molecule has 0 heterocycles. The van der Waals surface area contributed by atoms with E-state index in [0.717, 1.165) is 5.56 Å². The molecule has 23 heavy (non-hydrogen) atoms. The largest absolute Gasteiger partial charge is 0.484 e. The number of carbonyl (C=O) groups excluding carboxylic acids is 1. The normalized spacial score (nSPS) is 10.4. The molecule has 0 aliphatic carbocycles. The second kappa shape index (κ2) is 7.40. The van der Waals surface area contributed by atoms with Gasteiger partial charge in [0.05, 0.1) is 4.92 Å². The Bertz CT molecular complexity index is 696. The maximum atomic E-state index is 11.9. The van der Waals surface area contributed by atoms with Gasteiger partial charge in [0.15, 0.2) is 6.61 Å². The molecule has 0 atom stereocenters. The lowest BCUT2D eigenvalue weighted by atomic mass is 10.0. The number of hydrogen-bond acceptors (Lipinski definition) is 4. The molecule has 0 saturated heterocycles. The Balaban J connectivity index is 1.90. The van der Waals surface area contributed by atoms with Gasteiger partial charge in [-0.25, -0.2) is 0 Å². The number of anilines is 1. The van der Waals surface area contributed by atoms with E-state index in [2.05, 4.69) is 19.2 Å². The number of nitro benzene ring substituents is 1. The lowest BCUT2D eigenvalue weighted by Gasteiger charge is -2.10. The number of benzene rings is 2. The van der Waals surface area contributed by atoms with Crippen LogP contribution in [0.5, 0.6) is 5.75 Å². The summed E-state index contributed by atoms with van der Waals surface area (Å²) in [6, 6.07) is 13.2. The van der Waals surface area contributed by atoms with Gasteiger partial charge in [-0.2, -0.15) is 0 Å². The summed E-state index contributed by atoms with van der Waals surface area (Å²) in [4.78, 5) is 21.9. The first-order chi connectivity index (χ1) is 11.0. The first-order valence-corrected chi connectivity index (χ1v) is 7.23. The summed E-state index contributed by atoms with van der Waals surface area (Å²) in [5, 5.41) is 13.2. The zero-order chi connectivity index (χ0) is 16.8. The molecule has 0 unspecified atom stereocenters. The third-order valence-electron chi connectivity index (χ3n) is 3.26. The van der Waals surface area contributed by atoms with Gasteiger partial charge in [-0.15, -0.1) is 0 Å². The fourth-order valence-corrected chi connectivity index (χ4v) is 1.98. The predicted octanol–water partition coefficient (Wildman–Crippen LogP) is 3.74. The van der Waals surface area contributed by atoms with Crippen molar-refractivity contribution >= 4 is 17.3 Å². The molecule has 0 fully saturated rings. The van der Waals surface area contributed by atoms with E-state index in [1.807, 2.05) is 18.2 Å². The van der Waals surface area contributed by atoms with Crippen molar-refractivity contribution in [2.24, 2.45) is 0 Å². The van der Waals surface area contributed by atoms with Crippen LogP contribution in [0, 0.1) is 10.1 Å². The van der Waals surface area contributed by atoms with E-state index in [0.29, 0.717) is 17.4 Å². The molecule has 0 aromatic heterocycles. The molecule has 2 aromatic carbocycles. The van der Waals surface area contributed by atoms with Crippen molar-refractivity contribution in [3.63, 3.8) is 0 Å².